The van der Waals surface area contributed by atoms with Crippen molar-refractivity contribution in [2.75, 3.05) is 13.2 Å². The van der Waals surface area contributed by atoms with Crippen molar-refractivity contribution in [3.05, 3.63) is 29.3 Å². The molecule has 0 aliphatic heterocycles. The van der Waals surface area contributed by atoms with E-state index in [9.17, 15) is 4.79 Å². The maximum atomic E-state index is 11.8. The highest BCUT2D eigenvalue weighted by Crippen LogP contribution is 2.24. The highest BCUT2D eigenvalue weighted by atomic mass is 35.5. The summed E-state index contributed by atoms with van der Waals surface area (Å²) in [5, 5.41) is 12.1. The molecule has 0 fully saturated rings. The lowest BCUT2D eigenvalue weighted by Crippen LogP contribution is -2.31. The molecule has 19 heavy (non-hydrogen) atoms. The van der Waals surface area contributed by atoms with E-state index in [0.29, 0.717) is 11.6 Å². The van der Waals surface area contributed by atoms with E-state index in [1.165, 1.54) is 11.8 Å². The van der Waals surface area contributed by atoms with Crippen molar-refractivity contribution in [1.29, 1.82) is 0 Å². The van der Waals surface area contributed by atoms with Crippen molar-refractivity contribution in [3.63, 3.8) is 0 Å². The molecule has 0 saturated carbocycles. The summed E-state index contributed by atoms with van der Waals surface area (Å²) in [4.78, 5) is 12.9. The second-order valence-corrected chi connectivity index (χ2v) is 6.14. The highest BCUT2D eigenvalue weighted by molar-refractivity contribution is 8.00. The summed E-state index contributed by atoms with van der Waals surface area (Å²) in [6.07, 6.45) is 2.64. The van der Waals surface area contributed by atoms with E-state index in [4.69, 9.17) is 16.7 Å². The van der Waals surface area contributed by atoms with Crippen molar-refractivity contribution in [3.8, 4) is 0 Å². The molecule has 0 aliphatic rings. The topological polar surface area (TPSA) is 49.3 Å². The van der Waals surface area contributed by atoms with Gasteiger partial charge in [0.1, 0.15) is 0 Å². The average molecular weight is 302 g/mol. The number of aliphatic hydroxyl groups is 1. The summed E-state index contributed by atoms with van der Waals surface area (Å²) in [6.45, 7) is 2.78. The van der Waals surface area contributed by atoms with Crippen LogP contribution < -0.4 is 5.32 Å². The van der Waals surface area contributed by atoms with Gasteiger partial charge in [0.05, 0.1) is 5.25 Å². The number of halogens is 1. The number of unbranched alkanes of at least 4 members (excludes halogenated alkanes) is 2. The number of hydrogen-bond acceptors (Lipinski definition) is 3. The normalized spacial score (nSPS) is 12.2. The Kier molecular flexibility index (Phi) is 7.94. The summed E-state index contributed by atoms with van der Waals surface area (Å²) in [5.74, 6) is 0.0453. The van der Waals surface area contributed by atoms with Crippen molar-refractivity contribution in [2.45, 2.75) is 36.3 Å². The predicted octanol–water partition coefficient (Wildman–Crippen LogP) is 3.10. The summed E-state index contributed by atoms with van der Waals surface area (Å²) in [7, 11) is 0. The molecule has 1 aromatic rings. The number of hydrogen-bond donors (Lipinski definition) is 2. The third kappa shape index (κ3) is 6.85. The molecule has 0 bridgehead atoms. The standard InChI is InChI=1S/C14H20ClNO2S/c1-11(14(18)16-9-3-2-4-10-17)19-13-7-5-12(15)6-8-13/h5-8,11,17H,2-4,9-10H2,1H3,(H,16,18). The van der Waals surface area contributed by atoms with Crippen LogP contribution >= 0.6 is 23.4 Å². The number of carbonyl (C=O) groups is 1. The van der Waals surface area contributed by atoms with Gasteiger partial charge in [-0.15, -0.1) is 11.8 Å². The van der Waals surface area contributed by atoms with Crippen molar-refractivity contribution < 1.29 is 9.90 Å². The average Bonchev–Trinajstić information content (AvgIpc) is 2.41. The quantitative estimate of drug-likeness (QED) is 0.573. The Labute approximate surface area is 123 Å². The van der Waals surface area contributed by atoms with Gasteiger partial charge in [-0.25, -0.2) is 0 Å². The highest BCUT2D eigenvalue weighted by Gasteiger charge is 2.13. The Hall–Kier alpha value is -0.710. The molecule has 0 aromatic heterocycles. The summed E-state index contributed by atoms with van der Waals surface area (Å²) in [5.41, 5.74) is 0. The van der Waals surface area contributed by atoms with Crippen molar-refractivity contribution >= 4 is 29.3 Å². The largest absolute Gasteiger partial charge is 0.396 e. The van der Waals surface area contributed by atoms with Crippen LogP contribution in [0.2, 0.25) is 5.02 Å². The van der Waals surface area contributed by atoms with Crippen LogP contribution in [-0.2, 0) is 4.79 Å². The molecule has 0 saturated heterocycles. The first-order chi connectivity index (χ1) is 9.13. The van der Waals surface area contributed by atoms with Crippen molar-refractivity contribution in [2.24, 2.45) is 0 Å². The lowest BCUT2D eigenvalue weighted by molar-refractivity contribution is -0.120. The van der Waals surface area contributed by atoms with Crippen LogP contribution in [0.1, 0.15) is 26.2 Å². The van der Waals surface area contributed by atoms with E-state index in [1.807, 2.05) is 31.2 Å². The molecule has 1 atom stereocenters. The number of benzene rings is 1. The molecular weight excluding hydrogens is 282 g/mol. The molecule has 0 aliphatic carbocycles. The summed E-state index contributed by atoms with van der Waals surface area (Å²) >= 11 is 7.33. The molecule has 1 amide bonds. The first-order valence-corrected chi connectivity index (χ1v) is 7.70. The Bertz CT molecular complexity index is 384. The monoisotopic (exact) mass is 301 g/mol. The fourth-order valence-electron chi connectivity index (χ4n) is 1.54. The fourth-order valence-corrected chi connectivity index (χ4v) is 2.56. The van der Waals surface area contributed by atoms with E-state index >= 15 is 0 Å². The SMILES string of the molecule is CC(Sc1ccc(Cl)cc1)C(=O)NCCCCCO. The van der Waals surface area contributed by atoms with Gasteiger partial charge in [-0.1, -0.05) is 11.6 Å². The molecular formula is C14H20ClNO2S. The number of rotatable bonds is 8. The molecule has 0 spiro atoms. The Morgan fingerprint density at radius 1 is 1.32 bits per heavy atom. The Morgan fingerprint density at radius 2 is 2.00 bits per heavy atom. The van der Waals surface area contributed by atoms with Crippen LogP contribution in [0.4, 0.5) is 0 Å². The van der Waals surface area contributed by atoms with Gasteiger partial charge in [0.15, 0.2) is 0 Å². The molecule has 1 rings (SSSR count). The van der Waals surface area contributed by atoms with Gasteiger partial charge in [0.2, 0.25) is 5.91 Å². The first-order valence-electron chi connectivity index (χ1n) is 6.44. The Morgan fingerprint density at radius 3 is 2.63 bits per heavy atom. The van der Waals surface area contributed by atoms with E-state index in [-0.39, 0.29) is 17.8 Å². The smallest absolute Gasteiger partial charge is 0.233 e. The molecule has 2 N–H and O–H groups in total. The van der Waals surface area contributed by atoms with E-state index in [2.05, 4.69) is 5.32 Å². The number of aliphatic hydroxyl groups excluding tert-OH is 1. The molecule has 3 nitrogen and oxygen atoms in total. The van der Waals surface area contributed by atoms with E-state index in [0.717, 1.165) is 24.2 Å². The maximum absolute atomic E-state index is 11.8. The number of carbonyl (C=O) groups excluding carboxylic acids is 1. The third-order valence-corrected chi connectivity index (χ3v) is 3.99. The lowest BCUT2D eigenvalue weighted by Gasteiger charge is -2.11. The van der Waals surface area contributed by atoms with Crippen LogP contribution in [0.15, 0.2) is 29.2 Å². The van der Waals surface area contributed by atoms with Gasteiger partial charge in [-0.2, -0.15) is 0 Å². The van der Waals surface area contributed by atoms with Gasteiger partial charge in [-0.3, -0.25) is 4.79 Å². The fraction of sp³-hybridized carbons (Fsp3) is 0.500. The zero-order valence-electron chi connectivity index (χ0n) is 11.1. The lowest BCUT2D eigenvalue weighted by atomic mass is 10.2. The molecule has 1 aromatic carbocycles. The number of nitrogens with one attached hydrogen (secondary N) is 1. The van der Waals surface area contributed by atoms with Crippen LogP contribution in [-0.4, -0.2) is 29.4 Å². The summed E-state index contributed by atoms with van der Waals surface area (Å²) in [6, 6.07) is 7.48. The predicted molar refractivity (Wildman–Crippen MR) is 80.7 cm³/mol. The van der Waals surface area contributed by atoms with Gasteiger partial charge in [0.25, 0.3) is 0 Å². The van der Waals surface area contributed by atoms with Gasteiger partial charge in [-0.05, 0) is 50.5 Å². The number of amides is 1. The molecule has 5 heteroatoms. The minimum atomic E-state index is -0.126. The second-order valence-electron chi connectivity index (χ2n) is 4.29. The van der Waals surface area contributed by atoms with Gasteiger partial charge >= 0.3 is 0 Å². The minimum absolute atomic E-state index is 0.0453. The van der Waals surface area contributed by atoms with Gasteiger partial charge in [0, 0.05) is 23.1 Å². The van der Waals surface area contributed by atoms with E-state index < -0.39 is 0 Å². The zero-order valence-corrected chi connectivity index (χ0v) is 12.6. The third-order valence-electron chi connectivity index (χ3n) is 2.63. The minimum Gasteiger partial charge on any atom is -0.396 e. The second kappa shape index (κ2) is 9.23. The maximum Gasteiger partial charge on any atom is 0.233 e. The van der Waals surface area contributed by atoms with Gasteiger partial charge < -0.3 is 10.4 Å². The molecule has 0 radical (unpaired) electrons. The zero-order chi connectivity index (χ0) is 14.1. The Balaban J connectivity index is 2.26. The molecule has 106 valence electrons. The molecule has 1 unspecified atom stereocenters. The molecule has 0 heterocycles. The van der Waals surface area contributed by atoms with E-state index in [1.54, 1.807) is 0 Å². The summed E-state index contributed by atoms with van der Waals surface area (Å²) < 4.78 is 0. The van der Waals surface area contributed by atoms with Crippen molar-refractivity contribution in [1.82, 2.24) is 5.32 Å². The van der Waals surface area contributed by atoms with Crippen LogP contribution in [0, 0.1) is 0 Å². The number of thioether (sulfide) groups is 1. The van der Waals surface area contributed by atoms with Crippen LogP contribution in [0.25, 0.3) is 0 Å². The first kappa shape index (κ1) is 16.3. The van der Waals surface area contributed by atoms with Crippen LogP contribution in [0.3, 0.4) is 0 Å². The van der Waals surface area contributed by atoms with Crippen LogP contribution in [0.5, 0.6) is 0 Å².